The molecule has 0 saturated carbocycles. The van der Waals surface area contributed by atoms with Gasteiger partial charge in [0.2, 0.25) is 0 Å². The summed E-state index contributed by atoms with van der Waals surface area (Å²) in [6.45, 7) is 0.538. The van der Waals surface area contributed by atoms with Crippen LogP contribution in [0.2, 0.25) is 0 Å². The van der Waals surface area contributed by atoms with E-state index in [1.165, 1.54) is 13.2 Å². The molecule has 2 rings (SSSR count). The zero-order valence-corrected chi connectivity index (χ0v) is 10.1. The minimum atomic E-state index is -1.05. The van der Waals surface area contributed by atoms with Gasteiger partial charge >= 0.3 is 11.9 Å². The molecule has 1 N–H and O–H groups in total. The number of carbonyl (C=O) groups is 2. The molecule has 5 heteroatoms. The van der Waals surface area contributed by atoms with Crippen LogP contribution in [0.25, 0.3) is 0 Å². The minimum Gasteiger partial charge on any atom is -0.493 e. The molecule has 0 amide bonds. The van der Waals surface area contributed by atoms with Gasteiger partial charge in [0.1, 0.15) is 5.75 Å². The van der Waals surface area contributed by atoms with Crippen molar-refractivity contribution in [3.05, 3.63) is 28.8 Å². The van der Waals surface area contributed by atoms with E-state index < -0.39 is 11.9 Å². The van der Waals surface area contributed by atoms with Crippen LogP contribution in [-0.4, -0.2) is 30.8 Å². The van der Waals surface area contributed by atoms with Crippen molar-refractivity contribution in [1.82, 2.24) is 0 Å². The summed E-state index contributed by atoms with van der Waals surface area (Å²) in [5.74, 6) is -1.14. The first-order valence-electron chi connectivity index (χ1n) is 5.75. The highest BCUT2D eigenvalue weighted by Gasteiger charge is 2.21. The number of hydrogen-bond donors (Lipinski definition) is 1. The fourth-order valence-electron chi connectivity index (χ4n) is 2.04. The summed E-state index contributed by atoms with van der Waals surface area (Å²) >= 11 is 0. The van der Waals surface area contributed by atoms with Gasteiger partial charge < -0.3 is 14.6 Å². The Morgan fingerprint density at radius 3 is 2.78 bits per heavy atom. The Hall–Kier alpha value is -2.04. The molecule has 0 saturated heterocycles. The number of fused-ring (bicyclic) bond motifs is 1. The van der Waals surface area contributed by atoms with Crippen molar-refractivity contribution in [1.29, 1.82) is 0 Å². The Morgan fingerprint density at radius 2 is 2.11 bits per heavy atom. The number of esters is 1. The van der Waals surface area contributed by atoms with Crippen molar-refractivity contribution in [2.45, 2.75) is 19.3 Å². The summed E-state index contributed by atoms with van der Waals surface area (Å²) in [5, 5.41) is 9.20. The van der Waals surface area contributed by atoms with E-state index in [0.717, 1.165) is 12.8 Å². The summed E-state index contributed by atoms with van der Waals surface area (Å²) in [6.07, 6.45) is 2.41. The number of carboxylic acids is 1. The topological polar surface area (TPSA) is 72.8 Å². The fourth-order valence-corrected chi connectivity index (χ4v) is 2.04. The van der Waals surface area contributed by atoms with Crippen molar-refractivity contribution in [3.63, 3.8) is 0 Å². The third-order valence-electron chi connectivity index (χ3n) is 2.94. The van der Waals surface area contributed by atoms with E-state index >= 15 is 0 Å². The molecule has 96 valence electrons. The highest BCUT2D eigenvalue weighted by Crippen LogP contribution is 2.29. The summed E-state index contributed by atoms with van der Waals surface area (Å²) in [5.41, 5.74) is 0.984. The van der Waals surface area contributed by atoms with Crippen LogP contribution in [0.1, 0.15) is 39.1 Å². The van der Waals surface area contributed by atoms with Crippen LogP contribution in [0.3, 0.4) is 0 Å². The molecular formula is C13H14O5. The van der Waals surface area contributed by atoms with Crippen LogP contribution in [-0.2, 0) is 11.2 Å². The highest BCUT2D eigenvalue weighted by molar-refractivity contribution is 5.96. The first-order chi connectivity index (χ1) is 8.63. The van der Waals surface area contributed by atoms with Crippen molar-refractivity contribution in [2.24, 2.45) is 0 Å². The van der Waals surface area contributed by atoms with Crippen molar-refractivity contribution < 1.29 is 24.2 Å². The van der Waals surface area contributed by atoms with Crippen LogP contribution in [0, 0.1) is 0 Å². The van der Waals surface area contributed by atoms with Crippen LogP contribution in [0.4, 0.5) is 0 Å². The average molecular weight is 250 g/mol. The maximum absolute atomic E-state index is 11.5. The standard InChI is InChI=1S/C13H14O5/c1-17-13(16)8-6-10(12(14)15)9-4-2-3-5-18-11(9)7-8/h6-7H,2-5H2,1H3,(H,14,15). The van der Waals surface area contributed by atoms with Gasteiger partial charge in [0.25, 0.3) is 0 Å². The molecule has 0 spiro atoms. The third kappa shape index (κ3) is 2.30. The molecule has 0 fully saturated rings. The molecule has 1 aromatic rings. The van der Waals surface area contributed by atoms with Crippen LogP contribution < -0.4 is 4.74 Å². The van der Waals surface area contributed by atoms with Gasteiger partial charge in [-0.2, -0.15) is 0 Å². The first kappa shape index (κ1) is 12.4. The number of methoxy groups -OCH3 is 1. The van der Waals surface area contributed by atoms with Gasteiger partial charge in [-0.1, -0.05) is 0 Å². The molecule has 0 aliphatic carbocycles. The normalized spacial score (nSPS) is 14.1. The van der Waals surface area contributed by atoms with Gasteiger partial charge in [-0.05, 0) is 31.4 Å². The van der Waals surface area contributed by atoms with Gasteiger partial charge in [0.15, 0.2) is 0 Å². The number of aromatic carboxylic acids is 1. The Kier molecular flexibility index (Phi) is 3.50. The predicted octanol–water partition coefficient (Wildman–Crippen LogP) is 1.89. The molecule has 1 aromatic carbocycles. The fraction of sp³-hybridized carbons (Fsp3) is 0.385. The molecule has 0 radical (unpaired) electrons. The number of carboxylic acid groups (broad SMARTS) is 1. The average Bonchev–Trinajstić information content (AvgIpc) is 2.61. The molecule has 18 heavy (non-hydrogen) atoms. The lowest BCUT2D eigenvalue weighted by atomic mass is 9.98. The van der Waals surface area contributed by atoms with Crippen LogP contribution >= 0.6 is 0 Å². The number of benzene rings is 1. The molecule has 1 aliphatic rings. The van der Waals surface area contributed by atoms with Gasteiger partial charge in [-0.15, -0.1) is 0 Å². The lowest BCUT2D eigenvalue weighted by molar-refractivity contribution is 0.0600. The monoisotopic (exact) mass is 250 g/mol. The summed E-state index contributed by atoms with van der Waals surface area (Å²) < 4.78 is 10.1. The molecule has 5 nitrogen and oxygen atoms in total. The molecule has 1 aliphatic heterocycles. The van der Waals surface area contributed by atoms with Gasteiger partial charge in [-0.3, -0.25) is 0 Å². The SMILES string of the molecule is COC(=O)c1cc2c(c(C(=O)O)c1)CCCCO2. The molecule has 0 aromatic heterocycles. The van der Waals surface area contributed by atoms with Crippen LogP contribution in [0.15, 0.2) is 12.1 Å². The van der Waals surface area contributed by atoms with E-state index in [4.69, 9.17) is 4.74 Å². The van der Waals surface area contributed by atoms with E-state index in [2.05, 4.69) is 4.74 Å². The Bertz CT molecular complexity index is 492. The van der Waals surface area contributed by atoms with E-state index in [1.54, 1.807) is 6.07 Å². The lowest BCUT2D eigenvalue weighted by Crippen LogP contribution is -2.09. The highest BCUT2D eigenvalue weighted by atomic mass is 16.5. The largest absolute Gasteiger partial charge is 0.493 e. The van der Waals surface area contributed by atoms with E-state index in [0.29, 0.717) is 24.3 Å². The summed E-state index contributed by atoms with van der Waals surface area (Å²) in [4.78, 5) is 22.7. The Labute approximate surface area is 104 Å². The van der Waals surface area contributed by atoms with Crippen molar-refractivity contribution in [2.75, 3.05) is 13.7 Å². The maximum Gasteiger partial charge on any atom is 0.338 e. The van der Waals surface area contributed by atoms with E-state index in [-0.39, 0.29) is 11.1 Å². The van der Waals surface area contributed by atoms with E-state index in [9.17, 15) is 14.7 Å². The third-order valence-corrected chi connectivity index (χ3v) is 2.94. The Morgan fingerprint density at radius 1 is 1.33 bits per heavy atom. The second-order valence-electron chi connectivity index (χ2n) is 4.10. The summed E-state index contributed by atoms with van der Waals surface area (Å²) in [6, 6.07) is 2.90. The van der Waals surface area contributed by atoms with Crippen LogP contribution in [0.5, 0.6) is 5.75 Å². The molecule has 0 atom stereocenters. The lowest BCUT2D eigenvalue weighted by Gasteiger charge is -2.11. The number of carbonyl (C=O) groups excluding carboxylic acids is 1. The number of rotatable bonds is 2. The first-order valence-corrected chi connectivity index (χ1v) is 5.75. The van der Waals surface area contributed by atoms with Crippen molar-refractivity contribution >= 4 is 11.9 Å². The molecule has 1 heterocycles. The zero-order chi connectivity index (χ0) is 13.1. The van der Waals surface area contributed by atoms with Gasteiger partial charge in [0.05, 0.1) is 24.8 Å². The minimum absolute atomic E-state index is 0.120. The maximum atomic E-state index is 11.5. The zero-order valence-electron chi connectivity index (χ0n) is 10.1. The van der Waals surface area contributed by atoms with Gasteiger partial charge in [0, 0.05) is 5.56 Å². The molecule has 0 unspecified atom stereocenters. The molecular weight excluding hydrogens is 236 g/mol. The summed E-state index contributed by atoms with van der Waals surface area (Å²) in [7, 11) is 1.26. The second kappa shape index (κ2) is 5.08. The smallest absolute Gasteiger partial charge is 0.338 e. The number of ether oxygens (including phenoxy) is 2. The predicted molar refractivity (Wildman–Crippen MR) is 63.2 cm³/mol. The second-order valence-corrected chi connectivity index (χ2v) is 4.10. The molecule has 0 bridgehead atoms. The number of hydrogen-bond acceptors (Lipinski definition) is 4. The van der Waals surface area contributed by atoms with Crippen molar-refractivity contribution in [3.8, 4) is 5.75 Å². The quantitative estimate of drug-likeness (QED) is 0.811. The van der Waals surface area contributed by atoms with Gasteiger partial charge in [-0.25, -0.2) is 9.59 Å². The Balaban J connectivity index is 2.55. The van der Waals surface area contributed by atoms with E-state index in [1.807, 2.05) is 0 Å².